The number of hydrogen-bond acceptors (Lipinski definition) is 6. The average molecular weight is 389 g/mol. The van der Waals surface area contributed by atoms with Gasteiger partial charge in [0.25, 0.3) is 17.5 Å². The molecule has 9 heteroatoms. The number of nitro benzene ring substituents is 1. The van der Waals surface area contributed by atoms with Gasteiger partial charge in [0.2, 0.25) is 0 Å². The van der Waals surface area contributed by atoms with Gasteiger partial charge in [-0.25, -0.2) is 0 Å². The van der Waals surface area contributed by atoms with Crippen molar-refractivity contribution in [2.45, 2.75) is 13.0 Å². The van der Waals surface area contributed by atoms with Crippen LogP contribution in [0.5, 0.6) is 0 Å². The van der Waals surface area contributed by atoms with Crippen LogP contribution in [-0.4, -0.2) is 34.2 Å². The Kier molecular flexibility index (Phi) is 4.91. The summed E-state index contributed by atoms with van der Waals surface area (Å²) in [6, 6.07) is 10.5. The third-order valence-electron chi connectivity index (χ3n) is 4.11. The summed E-state index contributed by atoms with van der Waals surface area (Å²) in [6.07, 6.45) is -0.698. The highest BCUT2D eigenvalue weighted by atomic mass is 35.5. The molecule has 1 aliphatic rings. The van der Waals surface area contributed by atoms with Crippen LogP contribution in [0, 0.1) is 10.1 Å². The maximum absolute atomic E-state index is 12.4. The number of benzene rings is 2. The van der Waals surface area contributed by atoms with Gasteiger partial charge in [-0.15, -0.1) is 0 Å². The van der Waals surface area contributed by atoms with E-state index >= 15 is 0 Å². The summed E-state index contributed by atoms with van der Waals surface area (Å²) in [5.74, 6) is -2.51. The van der Waals surface area contributed by atoms with Crippen LogP contribution in [0.4, 0.5) is 5.69 Å². The van der Waals surface area contributed by atoms with E-state index in [0.29, 0.717) is 15.5 Å². The molecule has 3 rings (SSSR count). The minimum Gasteiger partial charge on any atom is -0.456 e. The number of halogens is 1. The largest absolute Gasteiger partial charge is 0.456 e. The molecular formula is C18H13ClN2O6. The van der Waals surface area contributed by atoms with Crippen molar-refractivity contribution >= 4 is 35.1 Å². The molecule has 1 aliphatic heterocycles. The molecule has 0 spiro atoms. The van der Waals surface area contributed by atoms with E-state index in [2.05, 4.69) is 0 Å². The van der Waals surface area contributed by atoms with E-state index in [-0.39, 0.29) is 11.1 Å². The van der Waals surface area contributed by atoms with Crippen molar-refractivity contribution in [1.29, 1.82) is 0 Å². The molecule has 8 nitrogen and oxygen atoms in total. The molecule has 2 aromatic carbocycles. The summed E-state index contributed by atoms with van der Waals surface area (Å²) in [6.45, 7) is 0.949. The van der Waals surface area contributed by atoms with Gasteiger partial charge >= 0.3 is 5.97 Å². The Labute approximate surface area is 158 Å². The molecule has 27 heavy (non-hydrogen) atoms. The summed E-state index contributed by atoms with van der Waals surface area (Å²) in [4.78, 5) is 48.0. The maximum atomic E-state index is 12.4. The summed E-state index contributed by atoms with van der Waals surface area (Å²) in [5, 5.41) is 11.5. The van der Waals surface area contributed by atoms with Crippen LogP contribution < -0.4 is 0 Å². The lowest BCUT2D eigenvalue weighted by Gasteiger charge is -2.17. The van der Waals surface area contributed by atoms with Gasteiger partial charge in [0.15, 0.2) is 0 Å². The van der Waals surface area contributed by atoms with Crippen molar-refractivity contribution in [3.63, 3.8) is 0 Å². The second kappa shape index (κ2) is 7.16. The fraction of sp³-hybridized carbons (Fsp3) is 0.167. The van der Waals surface area contributed by atoms with E-state index in [9.17, 15) is 24.5 Å². The second-order valence-electron chi connectivity index (χ2n) is 5.81. The van der Waals surface area contributed by atoms with Crippen molar-refractivity contribution in [3.05, 3.63) is 74.3 Å². The van der Waals surface area contributed by atoms with E-state index in [1.54, 1.807) is 31.2 Å². The van der Waals surface area contributed by atoms with Crippen LogP contribution in [0.1, 0.15) is 39.3 Å². The van der Waals surface area contributed by atoms with Gasteiger partial charge in [-0.2, -0.15) is 0 Å². The molecule has 2 amide bonds. The fourth-order valence-corrected chi connectivity index (χ4v) is 3.13. The van der Waals surface area contributed by atoms with E-state index < -0.39 is 41.0 Å². The number of carbonyl (C=O) groups excluding carboxylic acids is 3. The van der Waals surface area contributed by atoms with Crippen LogP contribution in [0.25, 0.3) is 0 Å². The fourth-order valence-electron chi connectivity index (χ4n) is 2.84. The van der Waals surface area contributed by atoms with Crippen LogP contribution in [0.2, 0.25) is 5.02 Å². The number of nitrogens with zero attached hydrogens (tertiary/aromatic N) is 2. The Morgan fingerprint density at radius 3 is 2.56 bits per heavy atom. The summed E-state index contributed by atoms with van der Waals surface area (Å²) in [7, 11) is 0. The Morgan fingerprint density at radius 1 is 1.19 bits per heavy atom. The molecule has 2 aromatic rings. The van der Waals surface area contributed by atoms with Crippen molar-refractivity contribution < 1.29 is 24.0 Å². The van der Waals surface area contributed by atoms with Crippen molar-refractivity contribution in [3.8, 4) is 0 Å². The Balaban J connectivity index is 1.77. The number of hydrogen-bond donors (Lipinski definition) is 0. The molecule has 0 radical (unpaired) electrons. The molecule has 1 atom stereocenters. The standard InChI is InChI=1S/C18H13ClN2O6/c1-10(11-5-2-3-7-13(11)19)27-15(22)9-20-17(23)12-6-4-8-14(21(25)26)16(12)18(20)24/h2-8,10H,9H2,1H3/t10-/m1/s1. The first-order valence-corrected chi connectivity index (χ1v) is 8.26. The lowest BCUT2D eigenvalue weighted by Crippen LogP contribution is -2.36. The first-order valence-electron chi connectivity index (χ1n) is 7.88. The third kappa shape index (κ3) is 3.39. The van der Waals surface area contributed by atoms with Gasteiger partial charge in [-0.1, -0.05) is 35.9 Å². The molecule has 0 aromatic heterocycles. The maximum Gasteiger partial charge on any atom is 0.326 e. The van der Waals surface area contributed by atoms with Crippen LogP contribution in [-0.2, 0) is 9.53 Å². The minimum absolute atomic E-state index is 0.110. The first-order chi connectivity index (χ1) is 12.8. The van der Waals surface area contributed by atoms with Gasteiger partial charge in [-0.05, 0) is 19.1 Å². The van der Waals surface area contributed by atoms with Crippen molar-refractivity contribution in [2.75, 3.05) is 6.54 Å². The summed E-state index contributed by atoms with van der Waals surface area (Å²) in [5.41, 5.74) is -0.336. The summed E-state index contributed by atoms with van der Waals surface area (Å²) >= 11 is 6.05. The van der Waals surface area contributed by atoms with E-state index in [0.717, 1.165) is 6.07 Å². The predicted molar refractivity (Wildman–Crippen MR) is 94.4 cm³/mol. The molecule has 1 heterocycles. The number of amides is 2. The topological polar surface area (TPSA) is 107 Å². The highest BCUT2D eigenvalue weighted by Gasteiger charge is 2.42. The minimum atomic E-state index is -0.898. The van der Waals surface area contributed by atoms with Crippen molar-refractivity contribution in [2.24, 2.45) is 0 Å². The normalized spacial score (nSPS) is 14.1. The number of nitro groups is 1. The zero-order valence-electron chi connectivity index (χ0n) is 14.0. The number of ether oxygens (including phenoxy) is 1. The lowest BCUT2D eigenvalue weighted by atomic mass is 10.1. The van der Waals surface area contributed by atoms with Gasteiger partial charge in [0.1, 0.15) is 18.2 Å². The van der Waals surface area contributed by atoms with Crippen LogP contribution in [0.3, 0.4) is 0 Å². The predicted octanol–water partition coefficient (Wildman–Crippen LogP) is 3.15. The van der Waals surface area contributed by atoms with Gasteiger partial charge in [-0.3, -0.25) is 29.4 Å². The molecule has 0 aliphatic carbocycles. The number of carbonyl (C=O) groups is 3. The second-order valence-corrected chi connectivity index (χ2v) is 6.21. The average Bonchev–Trinajstić information content (AvgIpc) is 2.87. The zero-order chi connectivity index (χ0) is 19.7. The van der Waals surface area contributed by atoms with Crippen LogP contribution >= 0.6 is 11.6 Å². The van der Waals surface area contributed by atoms with Gasteiger partial charge < -0.3 is 4.74 Å². The molecular weight excluding hydrogens is 376 g/mol. The van der Waals surface area contributed by atoms with E-state index in [1.807, 2.05) is 0 Å². The lowest BCUT2D eigenvalue weighted by molar-refractivity contribution is -0.385. The Bertz CT molecular complexity index is 974. The van der Waals surface area contributed by atoms with Gasteiger partial charge in [0.05, 0.1) is 10.5 Å². The van der Waals surface area contributed by atoms with Gasteiger partial charge in [0, 0.05) is 16.7 Å². The van der Waals surface area contributed by atoms with E-state index in [4.69, 9.17) is 16.3 Å². The number of esters is 1. The Hall–Kier alpha value is -3.26. The molecule has 0 fully saturated rings. The van der Waals surface area contributed by atoms with Crippen LogP contribution in [0.15, 0.2) is 42.5 Å². The number of fused-ring (bicyclic) bond motifs is 1. The molecule has 138 valence electrons. The highest BCUT2D eigenvalue weighted by molar-refractivity contribution is 6.31. The zero-order valence-corrected chi connectivity index (χ0v) is 14.8. The molecule has 0 N–H and O–H groups in total. The first kappa shape index (κ1) is 18.5. The smallest absolute Gasteiger partial charge is 0.326 e. The highest BCUT2D eigenvalue weighted by Crippen LogP contribution is 2.31. The quantitative estimate of drug-likeness (QED) is 0.337. The third-order valence-corrected chi connectivity index (χ3v) is 4.46. The number of imide groups is 1. The van der Waals surface area contributed by atoms with Crippen molar-refractivity contribution in [1.82, 2.24) is 4.90 Å². The SMILES string of the molecule is C[C@@H](OC(=O)CN1C(=O)c2cccc([N+](=O)[O-])c2C1=O)c1ccccc1Cl. The number of rotatable bonds is 5. The molecule has 0 bridgehead atoms. The Morgan fingerprint density at radius 2 is 1.89 bits per heavy atom. The molecule has 0 saturated heterocycles. The molecule has 0 saturated carbocycles. The van der Waals surface area contributed by atoms with E-state index in [1.165, 1.54) is 12.1 Å². The monoisotopic (exact) mass is 388 g/mol. The molecule has 0 unspecified atom stereocenters. The summed E-state index contributed by atoms with van der Waals surface area (Å²) < 4.78 is 5.25.